The summed E-state index contributed by atoms with van der Waals surface area (Å²) in [6.45, 7) is 0. The van der Waals surface area contributed by atoms with Crippen LogP contribution in [-0.4, -0.2) is 14.6 Å². The maximum Gasteiger partial charge on any atom is 0.215 e. The number of rotatable bonds is 1. The van der Waals surface area contributed by atoms with E-state index in [0.717, 1.165) is 16.2 Å². The third kappa shape index (κ3) is 1.38. The van der Waals surface area contributed by atoms with E-state index in [9.17, 15) is 4.39 Å². The first-order chi connectivity index (χ1) is 7.75. The molecule has 3 nitrogen and oxygen atoms in total. The van der Waals surface area contributed by atoms with Gasteiger partial charge in [0.2, 0.25) is 9.73 Å². The van der Waals surface area contributed by atoms with Crippen LogP contribution in [-0.2, 0) is 0 Å². The van der Waals surface area contributed by atoms with Crippen molar-refractivity contribution in [1.29, 1.82) is 0 Å². The second-order valence-electron chi connectivity index (χ2n) is 3.27. The first-order valence-corrected chi connectivity index (χ1v) is 5.85. The van der Waals surface area contributed by atoms with Gasteiger partial charge in [-0.15, -0.1) is 16.4 Å². The molecule has 0 spiro atoms. The smallest absolute Gasteiger partial charge is 0.215 e. The topological polar surface area (TPSA) is 33.1 Å². The van der Waals surface area contributed by atoms with Crippen LogP contribution in [0.3, 0.4) is 0 Å². The van der Waals surface area contributed by atoms with Crippen LogP contribution in [0.5, 0.6) is 0 Å². The molecule has 0 saturated carbocycles. The van der Waals surface area contributed by atoms with Crippen LogP contribution >= 0.6 is 23.6 Å². The van der Waals surface area contributed by atoms with Gasteiger partial charge in [0.1, 0.15) is 5.82 Å². The first kappa shape index (κ1) is 9.68. The lowest BCUT2D eigenvalue weighted by Crippen LogP contribution is -1.85. The Hall–Kier alpha value is -1.53. The van der Waals surface area contributed by atoms with Gasteiger partial charge in [0.25, 0.3) is 0 Å². The second-order valence-corrected chi connectivity index (χ2v) is 4.50. The molecule has 16 heavy (non-hydrogen) atoms. The Morgan fingerprint density at radius 3 is 2.81 bits per heavy atom. The highest BCUT2D eigenvalue weighted by molar-refractivity contribution is 7.71. The summed E-state index contributed by atoms with van der Waals surface area (Å²) < 4.78 is 15.2. The SMILES string of the molecule is Fc1ccc(-c2csc3n[nH]c(=S)n23)cc1. The summed E-state index contributed by atoms with van der Waals surface area (Å²) >= 11 is 6.63. The van der Waals surface area contributed by atoms with Crippen molar-refractivity contribution in [3.05, 3.63) is 40.2 Å². The number of nitrogens with zero attached hydrogens (tertiary/aromatic N) is 2. The molecule has 2 heterocycles. The number of benzene rings is 1. The van der Waals surface area contributed by atoms with Crippen LogP contribution < -0.4 is 0 Å². The van der Waals surface area contributed by atoms with Crippen molar-refractivity contribution in [3.63, 3.8) is 0 Å². The van der Waals surface area contributed by atoms with Crippen molar-refractivity contribution in [2.75, 3.05) is 0 Å². The van der Waals surface area contributed by atoms with Crippen molar-refractivity contribution in [2.24, 2.45) is 0 Å². The summed E-state index contributed by atoms with van der Waals surface area (Å²) in [5, 5.41) is 8.76. The molecule has 0 radical (unpaired) electrons. The summed E-state index contributed by atoms with van der Waals surface area (Å²) in [6.07, 6.45) is 0. The zero-order chi connectivity index (χ0) is 11.1. The summed E-state index contributed by atoms with van der Waals surface area (Å²) in [7, 11) is 0. The normalized spacial score (nSPS) is 11.1. The maximum absolute atomic E-state index is 12.8. The summed E-state index contributed by atoms with van der Waals surface area (Å²) in [6, 6.07) is 6.32. The van der Waals surface area contributed by atoms with E-state index in [2.05, 4.69) is 10.2 Å². The van der Waals surface area contributed by atoms with E-state index >= 15 is 0 Å². The van der Waals surface area contributed by atoms with Crippen LogP contribution in [0.2, 0.25) is 0 Å². The van der Waals surface area contributed by atoms with Gasteiger partial charge in [-0.25, -0.2) is 4.39 Å². The molecular weight excluding hydrogens is 245 g/mol. The van der Waals surface area contributed by atoms with Gasteiger partial charge in [-0.05, 0) is 42.0 Å². The summed E-state index contributed by atoms with van der Waals surface area (Å²) in [4.78, 5) is 0.810. The van der Waals surface area contributed by atoms with E-state index in [4.69, 9.17) is 12.2 Å². The molecule has 3 aromatic rings. The van der Waals surface area contributed by atoms with Gasteiger partial charge < -0.3 is 0 Å². The van der Waals surface area contributed by atoms with Crippen molar-refractivity contribution >= 4 is 28.5 Å². The van der Waals surface area contributed by atoms with Crippen LogP contribution in [0.4, 0.5) is 4.39 Å². The van der Waals surface area contributed by atoms with Gasteiger partial charge in [0.05, 0.1) is 5.69 Å². The third-order valence-electron chi connectivity index (χ3n) is 2.30. The van der Waals surface area contributed by atoms with Gasteiger partial charge in [-0.1, -0.05) is 0 Å². The number of H-pyrrole nitrogens is 1. The maximum atomic E-state index is 12.8. The van der Waals surface area contributed by atoms with E-state index in [1.807, 2.05) is 9.78 Å². The van der Waals surface area contributed by atoms with Crippen molar-refractivity contribution in [2.45, 2.75) is 0 Å². The van der Waals surface area contributed by atoms with Crippen LogP contribution in [0.15, 0.2) is 29.6 Å². The number of thiazole rings is 1. The molecular formula is C10H6FN3S2. The highest BCUT2D eigenvalue weighted by Crippen LogP contribution is 2.25. The number of nitrogens with one attached hydrogen (secondary N) is 1. The lowest BCUT2D eigenvalue weighted by atomic mass is 10.2. The monoisotopic (exact) mass is 251 g/mol. The Bertz CT molecular complexity index is 693. The lowest BCUT2D eigenvalue weighted by molar-refractivity contribution is 0.628. The van der Waals surface area contributed by atoms with E-state index in [0.29, 0.717) is 4.77 Å². The fourth-order valence-corrected chi connectivity index (χ4v) is 2.69. The average molecular weight is 251 g/mol. The molecule has 1 N–H and O–H groups in total. The lowest BCUT2D eigenvalue weighted by Gasteiger charge is -1.98. The van der Waals surface area contributed by atoms with Gasteiger partial charge in [0.15, 0.2) is 0 Å². The van der Waals surface area contributed by atoms with E-state index in [1.165, 1.54) is 23.5 Å². The molecule has 3 rings (SSSR count). The van der Waals surface area contributed by atoms with E-state index in [1.54, 1.807) is 12.1 Å². The Kier molecular flexibility index (Phi) is 2.12. The summed E-state index contributed by atoms with van der Waals surface area (Å²) in [5.41, 5.74) is 1.85. The predicted octanol–water partition coefficient (Wildman–Crippen LogP) is 3.26. The molecule has 80 valence electrons. The van der Waals surface area contributed by atoms with Gasteiger partial charge in [0, 0.05) is 5.38 Å². The third-order valence-corrected chi connectivity index (χ3v) is 3.40. The number of fused-ring (bicyclic) bond motifs is 1. The highest BCUT2D eigenvalue weighted by Gasteiger charge is 2.08. The molecule has 0 bridgehead atoms. The number of halogens is 1. The zero-order valence-electron chi connectivity index (χ0n) is 7.98. The molecule has 0 atom stereocenters. The summed E-state index contributed by atoms with van der Waals surface area (Å²) in [5.74, 6) is -0.244. The van der Waals surface area contributed by atoms with Gasteiger partial charge in [-0.3, -0.25) is 9.50 Å². The number of hydrogen-bond acceptors (Lipinski definition) is 3. The number of hydrogen-bond donors (Lipinski definition) is 1. The minimum Gasteiger partial charge on any atom is -0.259 e. The molecule has 2 aromatic heterocycles. The first-order valence-electron chi connectivity index (χ1n) is 4.56. The van der Waals surface area contributed by atoms with Crippen LogP contribution in [0, 0.1) is 10.6 Å². The molecule has 0 aliphatic rings. The fraction of sp³-hybridized carbons (Fsp3) is 0. The molecule has 0 fully saturated rings. The zero-order valence-corrected chi connectivity index (χ0v) is 9.61. The van der Waals surface area contributed by atoms with Crippen molar-refractivity contribution in [1.82, 2.24) is 14.6 Å². The Morgan fingerprint density at radius 2 is 2.06 bits per heavy atom. The van der Waals surface area contributed by atoms with Crippen LogP contribution in [0.1, 0.15) is 0 Å². The molecule has 0 unspecified atom stereocenters. The van der Waals surface area contributed by atoms with Crippen LogP contribution in [0.25, 0.3) is 16.2 Å². The molecule has 1 aromatic carbocycles. The standard InChI is InChI=1S/C10H6FN3S2/c11-7-3-1-6(2-4-7)8-5-16-10-13-12-9(15)14(8)10/h1-5H,(H,12,15). The minimum atomic E-state index is -0.244. The van der Waals surface area contributed by atoms with Crippen molar-refractivity contribution in [3.8, 4) is 11.3 Å². The second kappa shape index (κ2) is 3.50. The number of aromatic amines is 1. The molecule has 0 aliphatic carbocycles. The van der Waals surface area contributed by atoms with Gasteiger partial charge >= 0.3 is 0 Å². The highest BCUT2D eigenvalue weighted by atomic mass is 32.1. The fourth-order valence-electron chi connectivity index (χ4n) is 1.55. The molecule has 6 heteroatoms. The van der Waals surface area contributed by atoms with E-state index in [-0.39, 0.29) is 5.82 Å². The minimum absolute atomic E-state index is 0.244. The molecule has 0 saturated heterocycles. The van der Waals surface area contributed by atoms with E-state index < -0.39 is 0 Å². The number of aromatic nitrogens is 3. The largest absolute Gasteiger partial charge is 0.259 e. The van der Waals surface area contributed by atoms with Crippen molar-refractivity contribution < 1.29 is 4.39 Å². The Balaban J connectivity index is 2.29. The Morgan fingerprint density at radius 1 is 1.31 bits per heavy atom. The average Bonchev–Trinajstić information content (AvgIpc) is 2.84. The Labute approximate surface area is 99.2 Å². The molecule has 0 amide bonds. The van der Waals surface area contributed by atoms with Gasteiger partial charge in [-0.2, -0.15) is 0 Å². The predicted molar refractivity (Wildman–Crippen MR) is 63.6 cm³/mol. The molecule has 0 aliphatic heterocycles. The quantitative estimate of drug-likeness (QED) is 0.673.